The fourth-order valence-electron chi connectivity index (χ4n) is 7.34. The van der Waals surface area contributed by atoms with Crippen molar-refractivity contribution in [3.05, 3.63) is 58.1 Å². The summed E-state index contributed by atoms with van der Waals surface area (Å²) in [6, 6.07) is 9.96. The summed E-state index contributed by atoms with van der Waals surface area (Å²) >= 11 is 0. The van der Waals surface area contributed by atoms with Gasteiger partial charge in [-0.25, -0.2) is 0 Å². The van der Waals surface area contributed by atoms with Crippen LogP contribution in [0.2, 0.25) is 0 Å². The number of aliphatic hydroxyl groups is 1. The fourth-order valence-corrected chi connectivity index (χ4v) is 7.34. The minimum Gasteiger partial charge on any atom is -0.507 e. The van der Waals surface area contributed by atoms with E-state index >= 15 is 0 Å². The van der Waals surface area contributed by atoms with Gasteiger partial charge in [0.2, 0.25) is 5.91 Å². The monoisotopic (exact) mass is 545 g/mol. The molecule has 6 rings (SSSR count). The van der Waals surface area contributed by atoms with Crippen LogP contribution in [0.15, 0.2) is 30.3 Å². The van der Waals surface area contributed by atoms with Crippen LogP contribution in [0.3, 0.4) is 0 Å². The average Bonchev–Trinajstić information content (AvgIpc) is 3.30. The molecule has 2 fully saturated rings. The Kier molecular flexibility index (Phi) is 5.97. The minimum atomic E-state index is -2.65. The van der Waals surface area contributed by atoms with E-state index in [0.29, 0.717) is 30.8 Å². The number of phenolic OH excluding ortho intramolecular Hbond substituents is 1. The highest BCUT2D eigenvalue weighted by Gasteiger charge is 2.66. The highest BCUT2D eigenvalue weighted by molar-refractivity contribution is 6.31. The number of carbonyl (C=O) groups is 5. The summed E-state index contributed by atoms with van der Waals surface area (Å²) in [6.45, 7) is 1.76. The van der Waals surface area contributed by atoms with Crippen molar-refractivity contribution in [2.75, 3.05) is 19.0 Å². The molecule has 5 atom stereocenters. The summed E-state index contributed by atoms with van der Waals surface area (Å²) in [5, 5.41) is 22.9. The van der Waals surface area contributed by atoms with Gasteiger partial charge in [0.15, 0.2) is 34.7 Å². The normalized spacial score (nSPS) is 29.5. The molecule has 0 bridgehead atoms. The quantitative estimate of drug-likeness (QED) is 0.475. The number of primary amides is 1. The van der Waals surface area contributed by atoms with Crippen molar-refractivity contribution in [2.45, 2.75) is 44.5 Å². The van der Waals surface area contributed by atoms with Crippen LogP contribution in [-0.4, -0.2) is 63.8 Å². The zero-order valence-corrected chi connectivity index (χ0v) is 22.3. The summed E-state index contributed by atoms with van der Waals surface area (Å²) < 4.78 is 0. The molecule has 4 N–H and O–H groups in total. The van der Waals surface area contributed by atoms with E-state index in [1.54, 1.807) is 0 Å². The van der Waals surface area contributed by atoms with Crippen LogP contribution < -0.4 is 10.6 Å². The lowest BCUT2D eigenvalue weighted by Crippen LogP contribution is -2.68. The molecule has 3 aliphatic carbocycles. The molecular formula is C30H31N3O7. The van der Waals surface area contributed by atoms with Crippen LogP contribution in [-0.2, 0) is 45.2 Å². The molecule has 4 aliphatic rings. The van der Waals surface area contributed by atoms with Crippen molar-refractivity contribution in [1.29, 1.82) is 0 Å². The molecule has 1 amide bonds. The number of rotatable bonds is 4. The van der Waals surface area contributed by atoms with Crippen LogP contribution in [0.25, 0.3) is 0 Å². The van der Waals surface area contributed by atoms with Gasteiger partial charge in [0, 0.05) is 57.3 Å². The van der Waals surface area contributed by atoms with Gasteiger partial charge in [0.1, 0.15) is 5.75 Å². The minimum absolute atomic E-state index is 0.0281. The summed E-state index contributed by atoms with van der Waals surface area (Å²) in [4.78, 5) is 69.4. The number of amides is 1. The van der Waals surface area contributed by atoms with E-state index in [9.17, 15) is 34.2 Å². The standard InChI is InChI=1S/C30H31N3O7/c1-32(2)20-9-17(13-33-11-14-5-3-4-6-15(14)12-33)25(35)23-19(20)8-16-7-18-10-21(34)24(29(31)39)28(38)30(18,40)27(37)22(16)26(23)36/h3-6,9,16,18,22,24,35,40H,7-8,10-13H2,1-2H3,(H2,31,39)/t16-,18+,22?,24?,30+/m1/s1. The van der Waals surface area contributed by atoms with Crippen LogP contribution >= 0.6 is 0 Å². The average molecular weight is 546 g/mol. The number of hydrogen-bond donors (Lipinski definition) is 3. The first-order valence-corrected chi connectivity index (χ1v) is 13.4. The van der Waals surface area contributed by atoms with Gasteiger partial charge in [-0.3, -0.25) is 28.9 Å². The number of aromatic hydroxyl groups is 1. The molecule has 2 saturated carbocycles. The van der Waals surface area contributed by atoms with Gasteiger partial charge >= 0.3 is 0 Å². The number of ketones is 4. The van der Waals surface area contributed by atoms with Crippen LogP contribution in [0.5, 0.6) is 5.75 Å². The number of carbonyl (C=O) groups excluding carboxylic acids is 5. The predicted octanol–water partition coefficient (Wildman–Crippen LogP) is 0.909. The van der Waals surface area contributed by atoms with Crippen LogP contribution in [0, 0.1) is 23.7 Å². The maximum atomic E-state index is 14.0. The van der Waals surface area contributed by atoms with Gasteiger partial charge < -0.3 is 20.8 Å². The molecule has 10 nitrogen and oxygen atoms in total. The summed E-state index contributed by atoms with van der Waals surface area (Å²) in [7, 11) is 3.68. The molecule has 2 aromatic carbocycles. The van der Waals surface area contributed by atoms with Crippen LogP contribution in [0.1, 0.15) is 45.5 Å². The number of nitrogens with zero attached hydrogens (tertiary/aromatic N) is 2. The Hall–Kier alpha value is -3.89. The molecule has 1 heterocycles. The highest BCUT2D eigenvalue weighted by Crippen LogP contribution is 2.51. The Labute approximate surface area is 230 Å². The second kappa shape index (κ2) is 9.07. The number of Topliss-reactive ketones (excluding diaryl/α,β-unsaturated/α-hetero) is 4. The SMILES string of the molecule is CN(C)c1cc(CN2Cc3ccccc3C2)c(O)c2c1C[C@H]1C[C@H]3CC(=O)C(C(N)=O)C(=O)[C@@]3(O)C(=O)C1C2=O. The Balaban J connectivity index is 1.39. The maximum absolute atomic E-state index is 14.0. The summed E-state index contributed by atoms with van der Waals surface area (Å²) in [5.74, 6) is -9.98. The lowest BCUT2D eigenvalue weighted by atomic mass is 9.53. The van der Waals surface area contributed by atoms with E-state index < -0.39 is 58.3 Å². The van der Waals surface area contributed by atoms with Gasteiger partial charge in [-0.2, -0.15) is 0 Å². The van der Waals surface area contributed by atoms with E-state index in [-0.39, 0.29) is 30.6 Å². The van der Waals surface area contributed by atoms with E-state index in [2.05, 4.69) is 17.0 Å². The topological polar surface area (TPSA) is 158 Å². The third-order valence-electron chi connectivity index (χ3n) is 9.24. The van der Waals surface area contributed by atoms with Crippen molar-refractivity contribution in [1.82, 2.24) is 4.90 Å². The largest absolute Gasteiger partial charge is 0.507 e. The lowest BCUT2D eigenvalue weighted by Gasteiger charge is -2.48. The first-order valence-electron chi connectivity index (χ1n) is 13.4. The molecule has 2 unspecified atom stereocenters. The molecule has 10 heteroatoms. The zero-order valence-electron chi connectivity index (χ0n) is 22.3. The molecule has 0 aromatic heterocycles. The van der Waals surface area contributed by atoms with Crippen molar-refractivity contribution in [3.63, 3.8) is 0 Å². The number of phenols is 1. The highest BCUT2D eigenvalue weighted by atomic mass is 16.3. The maximum Gasteiger partial charge on any atom is 0.235 e. The number of anilines is 1. The Morgan fingerprint density at radius 3 is 2.33 bits per heavy atom. The first-order chi connectivity index (χ1) is 18.9. The smallest absolute Gasteiger partial charge is 0.235 e. The summed E-state index contributed by atoms with van der Waals surface area (Å²) in [5.41, 5.74) is 6.92. The van der Waals surface area contributed by atoms with Gasteiger partial charge in [-0.05, 0) is 41.5 Å². The fraction of sp³-hybridized carbons (Fsp3) is 0.433. The second-order valence-corrected chi connectivity index (χ2v) is 11.8. The first kappa shape index (κ1) is 26.3. The van der Waals surface area contributed by atoms with Gasteiger partial charge in [-0.1, -0.05) is 24.3 Å². The zero-order chi connectivity index (χ0) is 28.7. The lowest BCUT2D eigenvalue weighted by molar-refractivity contribution is -0.175. The third-order valence-corrected chi connectivity index (χ3v) is 9.24. The Morgan fingerprint density at radius 1 is 1.07 bits per heavy atom. The van der Waals surface area contributed by atoms with Crippen molar-refractivity contribution >= 4 is 34.7 Å². The molecule has 0 saturated heterocycles. The molecule has 40 heavy (non-hydrogen) atoms. The van der Waals surface area contributed by atoms with E-state index in [4.69, 9.17) is 5.73 Å². The molecule has 208 valence electrons. The molecule has 1 aliphatic heterocycles. The summed E-state index contributed by atoms with van der Waals surface area (Å²) in [6.07, 6.45) is -0.0283. The van der Waals surface area contributed by atoms with Crippen molar-refractivity contribution < 1.29 is 34.2 Å². The molecule has 0 spiro atoms. The van der Waals surface area contributed by atoms with Gasteiger partial charge in [-0.15, -0.1) is 0 Å². The Morgan fingerprint density at radius 2 is 1.73 bits per heavy atom. The van der Waals surface area contributed by atoms with Crippen molar-refractivity contribution in [3.8, 4) is 5.75 Å². The molecule has 0 radical (unpaired) electrons. The second-order valence-electron chi connectivity index (χ2n) is 11.8. The van der Waals surface area contributed by atoms with E-state index in [0.717, 1.165) is 5.69 Å². The third kappa shape index (κ3) is 3.66. The number of benzene rings is 2. The number of nitrogens with two attached hydrogens (primary N) is 1. The van der Waals surface area contributed by atoms with Crippen molar-refractivity contribution in [2.24, 2.45) is 29.4 Å². The molecule has 2 aromatic rings. The predicted molar refractivity (Wildman–Crippen MR) is 142 cm³/mol. The Bertz CT molecular complexity index is 1490. The van der Waals surface area contributed by atoms with Gasteiger partial charge in [0.05, 0.1) is 11.5 Å². The van der Waals surface area contributed by atoms with E-state index in [1.165, 1.54) is 11.1 Å². The number of fused-ring (bicyclic) bond motifs is 4. The van der Waals surface area contributed by atoms with Crippen LogP contribution in [0.4, 0.5) is 5.69 Å². The number of hydrogen-bond acceptors (Lipinski definition) is 9. The van der Waals surface area contributed by atoms with Gasteiger partial charge in [0.25, 0.3) is 0 Å². The molecular weight excluding hydrogens is 514 g/mol. The van der Waals surface area contributed by atoms with E-state index in [1.807, 2.05) is 37.2 Å².